The van der Waals surface area contributed by atoms with Gasteiger partial charge in [-0.25, -0.2) is 4.79 Å². The number of hydrogen-bond donors (Lipinski definition) is 2. The van der Waals surface area contributed by atoms with Crippen LogP contribution in [0.4, 0.5) is 0 Å². The molecule has 2 N–H and O–H groups in total. The van der Waals surface area contributed by atoms with Crippen LogP contribution < -0.4 is 9.47 Å². The van der Waals surface area contributed by atoms with Gasteiger partial charge in [0.2, 0.25) is 0 Å². The summed E-state index contributed by atoms with van der Waals surface area (Å²) in [5.41, 5.74) is 1.23. The minimum Gasteiger partial charge on any atom is -0.504 e. The van der Waals surface area contributed by atoms with Crippen LogP contribution >= 0.6 is 0 Å². The molecule has 192 valence electrons. The maximum absolute atomic E-state index is 11.2. The van der Waals surface area contributed by atoms with Crippen molar-refractivity contribution in [3.05, 3.63) is 53.6 Å². The van der Waals surface area contributed by atoms with Crippen LogP contribution in [0.25, 0.3) is 6.08 Å². The summed E-state index contributed by atoms with van der Waals surface area (Å²) in [5.74, 6) is 0.416. The summed E-state index contributed by atoms with van der Waals surface area (Å²) in [7, 11) is 3.24. The van der Waals surface area contributed by atoms with E-state index >= 15 is 0 Å². The van der Waals surface area contributed by atoms with Crippen molar-refractivity contribution in [2.45, 2.75) is 19.8 Å². The molecule has 0 unspecified atom stereocenters. The third kappa shape index (κ3) is 12.5. The molecule has 0 saturated heterocycles. The maximum Gasteiger partial charge on any atom is 0.330 e. The van der Waals surface area contributed by atoms with Crippen LogP contribution in [0.1, 0.15) is 35.7 Å². The number of rotatable bonds is 14. The number of phenolic OH excluding ortho intramolecular Hbond substituents is 2. The number of aldehydes is 1. The third-order valence-corrected chi connectivity index (χ3v) is 4.30. The maximum atomic E-state index is 11.2. The van der Waals surface area contributed by atoms with Gasteiger partial charge in [0.25, 0.3) is 0 Å². The SMILES string of the molecule is CCOC(=O)C=Cc1ccc(O)c(OCCCOC)c1.COCCCOc1cc(C=O)ccc1O. The van der Waals surface area contributed by atoms with Crippen LogP contribution in [0, 0.1) is 0 Å². The summed E-state index contributed by atoms with van der Waals surface area (Å²) >= 11 is 0. The molecule has 0 aliphatic carbocycles. The second-order valence-corrected chi connectivity index (χ2v) is 7.05. The van der Waals surface area contributed by atoms with Crippen molar-refractivity contribution in [2.24, 2.45) is 0 Å². The Hall–Kier alpha value is -3.56. The zero-order valence-electron chi connectivity index (χ0n) is 20.4. The van der Waals surface area contributed by atoms with E-state index in [-0.39, 0.29) is 11.5 Å². The van der Waals surface area contributed by atoms with E-state index in [1.807, 2.05) is 0 Å². The van der Waals surface area contributed by atoms with Gasteiger partial charge in [-0.05, 0) is 48.9 Å². The first-order valence-electron chi connectivity index (χ1n) is 11.1. The molecule has 0 fully saturated rings. The highest BCUT2D eigenvalue weighted by molar-refractivity contribution is 5.87. The normalized spacial score (nSPS) is 10.4. The second kappa shape index (κ2) is 17.9. The van der Waals surface area contributed by atoms with Gasteiger partial charge in [-0.3, -0.25) is 4.79 Å². The number of phenols is 2. The minimum absolute atomic E-state index is 0.0398. The van der Waals surface area contributed by atoms with Gasteiger partial charge in [-0.15, -0.1) is 0 Å². The summed E-state index contributed by atoms with van der Waals surface area (Å²) in [6, 6.07) is 9.36. The zero-order chi connectivity index (χ0) is 25.9. The molecule has 35 heavy (non-hydrogen) atoms. The Morgan fingerprint density at radius 3 is 1.83 bits per heavy atom. The van der Waals surface area contributed by atoms with Gasteiger partial charge in [-0.2, -0.15) is 0 Å². The Balaban J connectivity index is 0.000000365. The van der Waals surface area contributed by atoms with Gasteiger partial charge in [0, 0.05) is 51.9 Å². The van der Waals surface area contributed by atoms with Crippen molar-refractivity contribution in [1.82, 2.24) is 0 Å². The minimum atomic E-state index is -0.400. The molecule has 2 aromatic carbocycles. The molecule has 0 heterocycles. The summed E-state index contributed by atoms with van der Waals surface area (Å²) in [5, 5.41) is 19.1. The number of carbonyl (C=O) groups is 2. The molecule has 9 heteroatoms. The average Bonchev–Trinajstić information content (AvgIpc) is 2.86. The first-order chi connectivity index (χ1) is 16.9. The van der Waals surface area contributed by atoms with Gasteiger partial charge in [0.05, 0.1) is 19.8 Å². The van der Waals surface area contributed by atoms with Crippen molar-refractivity contribution in [2.75, 3.05) is 47.3 Å². The van der Waals surface area contributed by atoms with Crippen molar-refractivity contribution in [3.63, 3.8) is 0 Å². The van der Waals surface area contributed by atoms with Gasteiger partial charge in [0.15, 0.2) is 23.0 Å². The summed E-state index contributed by atoms with van der Waals surface area (Å²) in [4.78, 5) is 21.7. The van der Waals surface area contributed by atoms with E-state index in [0.29, 0.717) is 56.4 Å². The highest BCUT2D eigenvalue weighted by Crippen LogP contribution is 2.28. The number of carbonyl (C=O) groups excluding carboxylic acids is 2. The number of methoxy groups -OCH3 is 2. The van der Waals surface area contributed by atoms with Crippen molar-refractivity contribution < 1.29 is 43.5 Å². The Bertz CT molecular complexity index is 925. The second-order valence-electron chi connectivity index (χ2n) is 7.05. The molecular weight excluding hydrogens is 456 g/mol. The molecule has 0 radical (unpaired) electrons. The quantitative estimate of drug-likeness (QED) is 0.175. The van der Waals surface area contributed by atoms with Crippen LogP contribution in [-0.2, 0) is 19.0 Å². The van der Waals surface area contributed by atoms with Gasteiger partial charge < -0.3 is 33.9 Å². The lowest BCUT2D eigenvalue weighted by Crippen LogP contribution is -2.01. The van der Waals surface area contributed by atoms with Crippen LogP contribution in [0.15, 0.2) is 42.5 Å². The van der Waals surface area contributed by atoms with Crippen molar-refractivity contribution >= 4 is 18.3 Å². The van der Waals surface area contributed by atoms with Crippen LogP contribution in [0.5, 0.6) is 23.0 Å². The van der Waals surface area contributed by atoms with E-state index in [4.69, 9.17) is 23.7 Å². The van der Waals surface area contributed by atoms with E-state index in [1.165, 1.54) is 30.3 Å². The predicted molar refractivity (Wildman–Crippen MR) is 131 cm³/mol. The number of ether oxygens (including phenoxy) is 5. The number of hydrogen-bond acceptors (Lipinski definition) is 9. The first kappa shape index (κ1) is 29.5. The first-order valence-corrected chi connectivity index (χ1v) is 11.1. The molecule has 2 rings (SSSR count). The molecule has 9 nitrogen and oxygen atoms in total. The lowest BCUT2D eigenvalue weighted by Gasteiger charge is -2.08. The largest absolute Gasteiger partial charge is 0.504 e. The number of benzene rings is 2. The van der Waals surface area contributed by atoms with Crippen LogP contribution in [-0.4, -0.2) is 69.7 Å². The molecule has 0 atom stereocenters. The fraction of sp³-hybridized carbons (Fsp3) is 0.385. The third-order valence-electron chi connectivity index (χ3n) is 4.30. The van der Waals surface area contributed by atoms with Gasteiger partial charge >= 0.3 is 5.97 Å². The number of aromatic hydroxyl groups is 2. The van der Waals surface area contributed by atoms with Crippen molar-refractivity contribution in [3.8, 4) is 23.0 Å². The van der Waals surface area contributed by atoms with Crippen LogP contribution in [0.2, 0.25) is 0 Å². The number of esters is 1. The molecule has 0 aromatic heterocycles. The zero-order valence-corrected chi connectivity index (χ0v) is 20.4. The van der Waals surface area contributed by atoms with Crippen molar-refractivity contribution in [1.29, 1.82) is 0 Å². The Kier molecular flexibility index (Phi) is 15.0. The monoisotopic (exact) mass is 490 g/mol. The van der Waals surface area contributed by atoms with E-state index in [0.717, 1.165) is 18.4 Å². The van der Waals surface area contributed by atoms with Gasteiger partial charge in [0.1, 0.15) is 6.29 Å². The molecule has 0 saturated carbocycles. The standard InChI is InChI=1S/C15H20O5.C11H14O4/c1-3-19-15(17)8-6-12-5-7-13(16)14(11-12)20-10-4-9-18-2;1-14-5-2-6-15-11-7-9(8-12)3-4-10(11)13/h5-8,11,16H,3-4,9-10H2,1-2H3;3-4,7-8,13H,2,5-6H2,1H3. The van der Waals surface area contributed by atoms with E-state index < -0.39 is 5.97 Å². The van der Waals surface area contributed by atoms with E-state index in [2.05, 4.69) is 0 Å². The smallest absolute Gasteiger partial charge is 0.330 e. The molecule has 2 aromatic rings. The summed E-state index contributed by atoms with van der Waals surface area (Å²) in [6.45, 7) is 4.19. The topological polar surface area (TPSA) is 121 Å². The predicted octanol–water partition coefficient (Wildman–Crippen LogP) is 4.00. The molecular formula is C26H34O9. The Morgan fingerprint density at radius 1 is 0.829 bits per heavy atom. The Labute approximate surface area is 205 Å². The Morgan fingerprint density at radius 2 is 1.34 bits per heavy atom. The fourth-order valence-corrected chi connectivity index (χ4v) is 2.60. The fourth-order valence-electron chi connectivity index (χ4n) is 2.60. The molecule has 0 spiro atoms. The molecule has 0 aliphatic rings. The van der Waals surface area contributed by atoms with Gasteiger partial charge in [-0.1, -0.05) is 6.07 Å². The highest BCUT2D eigenvalue weighted by atomic mass is 16.5. The van der Waals surface area contributed by atoms with E-state index in [1.54, 1.807) is 39.4 Å². The van der Waals surface area contributed by atoms with E-state index in [9.17, 15) is 19.8 Å². The highest BCUT2D eigenvalue weighted by Gasteiger charge is 2.04. The lowest BCUT2D eigenvalue weighted by molar-refractivity contribution is -0.137. The average molecular weight is 491 g/mol. The molecule has 0 amide bonds. The summed E-state index contributed by atoms with van der Waals surface area (Å²) in [6.07, 6.45) is 5.13. The lowest BCUT2D eigenvalue weighted by atomic mass is 10.2. The molecule has 0 bridgehead atoms. The summed E-state index contributed by atoms with van der Waals surface area (Å²) < 4.78 is 25.3. The molecule has 0 aliphatic heterocycles. The van der Waals surface area contributed by atoms with Crippen LogP contribution in [0.3, 0.4) is 0 Å².